The van der Waals surface area contributed by atoms with Crippen molar-refractivity contribution in [2.45, 2.75) is 40.0 Å². The molecule has 0 bridgehead atoms. The lowest BCUT2D eigenvalue weighted by Crippen LogP contribution is -2.09. The van der Waals surface area contributed by atoms with Crippen LogP contribution >= 0.6 is 11.3 Å². The summed E-state index contributed by atoms with van der Waals surface area (Å²) in [5.74, 6) is 0.695. The Kier molecular flexibility index (Phi) is 4.12. The number of fused-ring (bicyclic) bond motifs is 2. The molecule has 4 rings (SSSR count). The van der Waals surface area contributed by atoms with Crippen molar-refractivity contribution in [1.82, 2.24) is 4.98 Å². The Labute approximate surface area is 150 Å². The SMILES string of the molecule is CCNc1cc2oc(=O)c(-c3nc4c(s3)CC(C)CC4)cc2cc1C. The molecule has 3 aromatic rings. The van der Waals surface area contributed by atoms with Gasteiger partial charge in [-0.3, -0.25) is 0 Å². The van der Waals surface area contributed by atoms with Crippen molar-refractivity contribution >= 4 is 28.0 Å². The first-order valence-electron chi connectivity index (χ1n) is 8.86. The summed E-state index contributed by atoms with van der Waals surface area (Å²) in [5, 5.41) is 5.03. The third-order valence-electron chi connectivity index (χ3n) is 4.86. The van der Waals surface area contributed by atoms with E-state index in [1.807, 2.05) is 19.1 Å². The molecule has 1 atom stereocenters. The monoisotopic (exact) mass is 354 g/mol. The third kappa shape index (κ3) is 2.97. The van der Waals surface area contributed by atoms with Crippen LogP contribution in [0.15, 0.2) is 27.4 Å². The van der Waals surface area contributed by atoms with E-state index >= 15 is 0 Å². The molecule has 1 aromatic carbocycles. The van der Waals surface area contributed by atoms with Crippen LogP contribution in [-0.4, -0.2) is 11.5 Å². The Balaban J connectivity index is 1.82. The van der Waals surface area contributed by atoms with Crippen LogP contribution < -0.4 is 10.9 Å². The maximum Gasteiger partial charge on any atom is 0.346 e. The molecule has 4 nitrogen and oxygen atoms in total. The van der Waals surface area contributed by atoms with Gasteiger partial charge < -0.3 is 9.73 Å². The van der Waals surface area contributed by atoms with Gasteiger partial charge in [0, 0.05) is 28.6 Å². The number of aryl methyl sites for hydroxylation is 2. The van der Waals surface area contributed by atoms with E-state index in [1.54, 1.807) is 11.3 Å². The Morgan fingerprint density at radius 2 is 2.20 bits per heavy atom. The van der Waals surface area contributed by atoms with Crippen LogP contribution in [0.2, 0.25) is 0 Å². The van der Waals surface area contributed by atoms with E-state index in [1.165, 1.54) is 11.3 Å². The highest BCUT2D eigenvalue weighted by molar-refractivity contribution is 7.15. The molecule has 2 aromatic heterocycles. The Morgan fingerprint density at radius 1 is 1.36 bits per heavy atom. The van der Waals surface area contributed by atoms with E-state index in [9.17, 15) is 4.79 Å². The van der Waals surface area contributed by atoms with E-state index in [0.717, 1.165) is 46.7 Å². The number of benzene rings is 1. The molecular formula is C20H22N2O2S. The number of hydrogen-bond acceptors (Lipinski definition) is 5. The molecule has 2 heterocycles. The van der Waals surface area contributed by atoms with Gasteiger partial charge in [0.15, 0.2) is 0 Å². The minimum absolute atomic E-state index is 0.307. The van der Waals surface area contributed by atoms with E-state index in [0.29, 0.717) is 17.1 Å². The Hall–Kier alpha value is -2.14. The minimum atomic E-state index is -0.307. The molecule has 1 unspecified atom stereocenters. The minimum Gasteiger partial charge on any atom is -0.422 e. The summed E-state index contributed by atoms with van der Waals surface area (Å²) in [6.45, 7) is 7.22. The summed E-state index contributed by atoms with van der Waals surface area (Å²) in [7, 11) is 0. The second kappa shape index (κ2) is 6.30. The summed E-state index contributed by atoms with van der Waals surface area (Å²) in [6.07, 6.45) is 3.25. The van der Waals surface area contributed by atoms with E-state index < -0.39 is 0 Å². The van der Waals surface area contributed by atoms with Crippen LogP contribution in [0.4, 0.5) is 5.69 Å². The average Bonchev–Trinajstić information content (AvgIpc) is 2.98. The lowest BCUT2D eigenvalue weighted by molar-refractivity contribution is 0.502. The number of rotatable bonds is 3. The zero-order valence-electron chi connectivity index (χ0n) is 14.8. The predicted molar refractivity (Wildman–Crippen MR) is 104 cm³/mol. The van der Waals surface area contributed by atoms with Crippen molar-refractivity contribution in [3.05, 3.63) is 44.8 Å². The van der Waals surface area contributed by atoms with Gasteiger partial charge in [0.1, 0.15) is 10.6 Å². The van der Waals surface area contributed by atoms with Gasteiger partial charge in [-0.2, -0.15) is 0 Å². The summed E-state index contributed by atoms with van der Waals surface area (Å²) < 4.78 is 5.61. The fraction of sp³-hybridized carbons (Fsp3) is 0.400. The smallest absolute Gasteiger partial charge is 0.346 e. The third-order valence-corrected chi connectivity index (χ3v) is 6.02. The summed E-state index contributed by atoms with van der Waals surface area (Å²) in [4.78, 5) is 18.6. The molecule has 0 spiro atoms. The summed E-state index contributed by atoms with van der Waals surface area (Å²) in [6, 6.07) is 5.90. The number of nitrogens with zero attached hydrogens (tertiary/aromatic N) is 1. The number of anilines is 1. The zero-order valence-corrected chi connectivity index (χ0v) is 15.6. The molecule has 0 amide bonds. The van der Waals surface area contributed by atoms with Crippen LogP contribution in [0.5, 0.6) is 0 Å². The Morgan fingerprint density at radius 3 is 3.00 bits per heavy atom. The highest BCUT2D eigenvalue weighted by Crippen LogP contribution is 2.34. The van der Waals surface area contributed by atoms with Gasteiger partial charge in [-0.05, 0) is 56.7 Å². The van der Waals surface area contributed by atoms with Gasteiger partial charge in [-0.25, -0.2) is 9.78 Å². The first kappa shape index (κ1) is 16.3. The molecule has 1 aliphatic carbocycles. The van der Waals surface area contributed by atoms with Crippen LogP contribution in [0.1, 0.15) is 36.4 Å². The molecule has 0 aliphatic heterocycles. The quantitative estimate of drug-likeness (QED) is 0.688. The van der Waals surface area contributed by atoms with Crippen LogP contribution in [0.25, 0.3) is 21.5 Å². The first-order valence-corrected chi connectivity index (χ1v) is 9.68. The molecule has 25 heavy (non-hydrogen) atoms. The molecule has 1 aliphatic rings. The predicted octanol–water partition coefficient (Wildman–Crippen LogP) is 4.78. The van der Waals surface area contributed by atoms with Crippen LogP contribution in [-0.2, 0) is 12.8 Å². The standard InChI is InChI=1S/C20H22N2O2S/c1-4-21-16-10-17-13(8-12(16)3)9-14(20(23)24-17)19-22-15-6-5-11(2)7-18(15)25-19/h8-11,21H,4-7H2,1-3H3. The zero-order chi connectivity index (χ0) is 17.6. The van der Waals surface area contributed by atoms with E-state index in [-0.39, 0.29) is 5.63 Å². The van der Waals surface area contributed by atoms with Gasteiger partial charge in [0.2, 0.25) is 0 Å². The van der Waals surface area contributed by atoms with Gasteiger partial charge in [-0.1, -0.05) is 6.92 Å². The molecule has 1 N–H and O–H groups in total. The second-order valence-electron chi connectivity index (χ2n) is 6.92. The number of aromatic nitrogens is 1. The van der Waals surface area contributed by atoms with Crippen molar-refractivity contribution in [2.24, 2.45) is 5.92 Å². The molecule has 0 saturated carbocycles. The van der Waals surface area contributed by atoms with Crippen molar-refractivity contribution in [1.29, 1.82) is 0 Å². The Bertz CT molecular complexity index is 1000. The van der Waals surface area contributed by atoms with Crippen molar-refractivity contribution in [3.63, 3.8) is 0 Å². The fourth-order valence-electron chi connectivity index (χ4n) is 3.47. The molecule has 5 heteroatoms. The van der Waals surface area contributed by atoms with Crippen molar-refractivity contribution < 1.29 is 4.42 Å². The maximum atomic E-state index is 12.5. The van der Waals surface area contributed by atoms with Gasteiger partial charge >= 0.3 is 5.63 Å². The normalized spacial score (nSPS) is 16.8. The number of hydrogen-bond donors (Lipinski definition) is 1. The maximum absolute atomic E-state index is 12.5. The van der Waals surface area contributed by atoms with Crippen LogP contribution in [0, 0.1) is 12.8 Å². The van der Waals surface area contributed by atoms with Crippen molar-refractivity contribution in [2.75, 3.05) is 11.9 Å². The topological polar surface area (TPSA) is 55.1 Å². The molecule has 0 radical (unpaired) electrons. The summed E-state index contributed by atoms with van der Waals surface area (Å²) >= 11 is 1.65. The molecule has 130 valence electrons. The largest absolute Gasteiger partial charge is 0.422 e. The molecular weight excluding hydrogens is 332 g/mol. The van der Waals surface area contributed by atoms with Crippen LogP contribution in [0.3, 0.4) is 0 Å². The fourth-order valence-corrected chi connectivity index (χ4v) is 4.74. The average molecular weight is 354 g/mol. The van der Waals surface area contributed by atoms with E-state index in [2.05, 4.69) is 25.2 Å². The van der Waals surface area contributed by atoms with Crippen molar-refractivity contribution in [3.8, 4) is 10.6 Å². The highest BCUT2D eigenvalue weighted by atomic mass is 32.1. The number of nitrogens with one attached hydrogen (secondary N) is 1. The lowest BCUT2D eigenvalue weighted by Gasteiger charge is -2.15. The second-order valence-corrected chi connectivity index (χ2v) is 8.00. The molecule has 0 fully saturated rings. The van der Waals surface area contributed by atoms with Gasteiger partial charge in [-0.15, -0.1) is 11.3 Å². The highest BCUT2D eigenvalue weighted by Gasteiger charge is 2.22. The first-order chi connectivity index (χ1) is 12.0. The lowest BCUT2D eigenvalue weighted by atomic mass is 9.93. The van der Waals surface area contributed by atoms with Gasteiger partial charge in [0.25, 0.3) is 0 Å². The summed E-state index contributed by atoms with van der Waals surface area (Å²) in [5.41, 5.74) is 4.20. The van der Waals surface area contributed by atoms with E-state index in [4.69, 9.17) is 9.40 Å². The van der Waals surface area contributed by atoms with Gasteiger partial charge in [0.05, 0.1) is 11.3 Å². The molecule has 0 saturated heterocycles. The number of thiazole rings is 1.